The Morgan fingerprint density at radius 2 is 1.81 bits per heavy atom. The van der Waals surface area contributed by atoms with Crippen LogP contribution >= 0.6 is 0 Å². The predicted octanol–water partition coefficient (Wildman–Crippen LogP) is 1.25. The number of benzene rings is 1. The van der Waals surface area contributed by atoms with Crippen molar-refractivity contribution in [2.45, 2.75) is 24.0 Å². The van der Waals surface area contributed by atoms with Gasteiger partial charge in [0.25, 0.3) is 0 Å². The van der Waals surface area contributed by atoms with Crippen molar-refractivity contribution in [1.29, 1.82) is 0 Å². The quantitative estimate of drug-likeness (QED) is 0.794. The number of para-hydroxylation sites is 1. The van der Waals surface area contributed by atoms with Crippen molar-refractivity contribution < 1.29 is 13.2 Å². The van der Waals surface area contributed by atoms with Crippen LogP contribution in [0.5, 0.6) is 11.6 Å². The summed E-state index contributed by atoms with van der Waals surface area (Å²) in [5.41, 5.74) is 6.51. The molecule has 9 heteroatoms. The Hall–Kier alpha value is -2.07. The average Bonchev–Trinajstić information content (AvgIpc) is 3.25. The fourth-order valence-corrected chi connectivity index (χ4v) is 5.34. The van der Waals surface area contributed by atoms with E-state index in [1.54, 1.807) is 16.7 Å². The summed E-state index contributed by atoms with van der Waals surface area (Å²) < 4.78 is 33.4. The maximum absolute atomic E-state index is 12.9. The minimum Gasteiger partial charge on any atom is -0.437 e. The van der Waals surface area contributed by atoms with Gasteiger partial charge < -0.3 is 4.74 Å². The lowest BCUT2D eigenvalue weighted by Gasteiger charge is -2.33. The molecule has 1 aromatic carbocycles. The Bertz CT molecular complexity index is 872. The lowest BCUT2D eigenvalue weighted by atomic mass is 9.96. The van der Waals surface area contributed by atoms with Crippen molar-refractivity contribution in [2.24, 2.45) is 0 Å². The zero-order chi connectivity index (χ0) is 18.7. The zero-order valence-electron chi connectivity index (χ0n) is 14.9. The fraction of sp³-hybridized carbons (Fsp3) is 0.444. The minimum atomic E-state index is -3.36. The highest BCUT2D eigenvalue weighted by atomic mass is 32.2. The first kappa shape index (κ1) is 18.3. The van der Waals surface area contributed by atoms with Gasteiger partial charge in [-0.2, -0.15) is 0 Å². The molecule has 27 heavy (non-hydrogen) atoms. The number of sulfonamides is 1. The monoisotopic (exact) mass is 389 g/mol. The zero-order valence-corrected chi connectivity index (χ0v) is 15.7. The van der Waals surface area contributed by atoms with Gasteiger partial charge in [-0.15, -0.1) is 0 Å². The van der Waals surface area contributed by atoms with Crippen LogP contribution in [-0.4, -0.2) is 54.1 Å². The van der Waals surface area contributed by atoms with Crippen LogP contribution in [0.25, 0.3) is 0 Å². The molecule has 2 N–H and O–H groups in total. The molecule has 2 aliphatic heterocycles. The molecule has 2 fully saturated rings. The van der Waals surface area contributed by atoms with E-state index in [9.17, 15) is 8.42 Å². The van der Waals surface area contributed by atoms with Crippen molar-refractivity contribution in [3.8, 4) is 11.6 Å². The second-order valence-corrected chi connectivity index (χ2v) is 9.00. The summed E-state index contributed by atoms with van der Waals surface area (Å²) in [7, 11) is -3.36. The second kappa shape index (κ2) is 7.89. The van der Waals surface area contributed by atoms with Crippen molar-refractivity contribution in [3.05, 3.63) is 48.4 Å². The van der Waals surface area contributed by atoms with E-state index in [1.807, 2.05) is 30.3 Å². The lowest BCUT2D eigenvalue weighted by molar-refractivity contribution is 0.304. The summed E-state index contributed by atoms with van der Waals surface area (Å²) >= 11 is 0. The van der Waals surface area contributed by atoms with E-state index in [0.29, 0.717) is 43.5 Å². The highest BCUT2D eigenvalue weighted by Crippen LogP contribution is 2.33. The lowest BCUT2D eigenvalue weighted by Crippen LogP contribution is -2.45. The number of nitrogens with one attached hydrogen (secondary N) is 2. The molecular weight excluding hydrogens is 366 g/mol. The first-order valence-corrected chi connectivity index (χ1v) is 10.6. The Balaban J connectivity index is 1.55. The van der Waals surface area contributed by atoms with Gasteiger partial charge in [-0.25, -0.2) is 17.7 Å². The summed E-state index contributed by atoms with van der Waals surface area (Å²) in [6.07, 6.45) is 4.87. The predicted molar refractivity (Wildman–Crippen MR) is 101 cm³/mol. The van der Waals surface area contributed by atoms with Crippen molar-refractivity contribution in [1.82, 2.24) is 25.1 Å². The molecule has 2 saturated heterocycles. The molecule has 0 radical (unpaired) electrons. The van der Waals surface area contributed by atoms with E-state index in [-0.39, 0.29) is 5.92 Å². The summed E-state index contributed by atoms with van der Waals surface area (Å²) in [5.74, 6) is 1.09. The van der Waals surface area contributed by atoms with Gasteiger partial charge in [-0.1, -0.05) is 18.2 Å². The number of hydrazine groups is 1. The van der Waals surface area contributed by atoms with Crippen molar-refractivity contribution >= 4 is 10.0 Å². The van der Waals surface area contributed by atoms with E-state index >= 15 is 0 Å². The highest BCUT2D eigenvalue weighted by molar-refractivity contribution is 7.89. The molecule has 1 unspecified atom stereocenters. The first-order chi connectivity index (χ1) is 13.1. The summed E-state index contributed by atoms with van der Waals surface area (Å²) in [6.45, 7) is 1.81. The van der Waals surface area contributed by atoms with Crippen molar-refractivity contribution in [3.63, 3.8) is 0 Å². The van der Waals surface area contributed by atoms with E-state index < -0.39 is 15.3 Å². The van der Waals surface area contributed by atoms with Crippen LogP contribution < -0.4 is 15.6 Å². The highest BCUT2D eigenvalue weighted by Gasteiger charge is 2.38. The van der Waals surface area contributed by atoms with Crippen LogP contribution in [0.1, 0.15) is 24.5 Å². The third-order valence-corrected chi connectivity index (χ3v) is 7.21. The standard InChI is InChI=1S/C18H23N5O3S/c24-27(25,16-11-21-22-12-16)23-10-4-5-14(13-23)17-18(20-9-8-19-17)26-15-6-2-1-3-7-15/h1-3,6-9,14,16,21-22H,4-5,10-13H2. The van der Waals surface area contributed by atoms with E-state index in [2.05, 4.69) is 20.8 Å². The van der Waals surface area contributed by atoms with Gasteiger partial charge in [0.15, 0.2) is 0 Å². The molecule has 0 bridgehead atoms. The molecule has 1 aromatic heterocycles. The molecule has 0 spiro atoms. The van der Waals surface area contributed by atoms with Gasteiger partial charge in [0.2, 0.25) is 15.9 Å². The smallest absolute Gasteiger partial charge is 0.241 e. The SMILES string of the molecule is O=S(=O)(C1CNNC1)N1CCCC(c2nccnc2Oc2ccccc2)C1. The molecule has 8 nitrogen and oxygen atoms in total. The Labute approximate surface area is 159 Å². The summed E-state index contributed by atoms with van der Waals surface area (Å²) in [6, 6.07) is 9.42. The molecule has 1 atom stereocenters. The summed E-state index contributed by atoms with van der Waals surface area (Å²) in [5, 5.41) is -0.432. The van der Waals surface area contributed by atoms with Crippen LogP contribution in [-0.2, 0) is 10.0 Å². The molecule has 2 aromatic rings. The normalized spacial score (nSPS) is 22.0. The molecule has 0 saturated carbocycles. The average molecular weight is 389 g/mol. The third kappa shape index (κ3) is 3.96. The number of piperidine rings is 1. The number of hydrogen-bond acceptors (Lipinski definition) is 7. The topological polar surface area (TPSA) is 96.5 Å². The molecule has 4 rings (SSSR count). The number of ether oxygens (including phenoxy) is 1. The van der Waals surface area contributed by atoms with Gasteiger partial charge in [0.05, 0.1) is 0 Å². The molecule has 3 heterocycles. The van der Waals surface area contributed by atoms with Crippen LogP contribution in [0, 0.1) is 0 Å². The number of nitrogens with zero attached hydrogens (tertiary/aromatic N) is 3. The van der Waals surface area contributed by atoms with E-state index in [1.165, 1.54) is 0 Å². The van der Waals surface area contributed by atoms with Gasteiger partial charge in [0.1, 0.15) is 16.7 Å². The molecule has 0 amide bonds. The van der Waals surface area contributed by atoms with Crippen LogP contribution in [0.3, 0.4) is 0 Å². The van der Waals surface area contributed by atoms with Crippen LogP contribution in [0.2, 0.25) is 0 Å². The van der Waals surface area contributed by atoms with Gasteiger partial charge >= 0.3 is 0 Å². The minimum absolute atomic E-state index is 0.0386. The van der Waals surface area contributed by atoms with E-state index in [4.69, 9.17) is 4.74 Å². The van der Waals surface area contributed by atoms with E-state index in [0.717, 1.165) is 12.8 Å². The summed E-state index contributed by atoms with van der Waals surface area (Å²) in [4.78, 5) is 8.82. The number of rotatable bonds is 5. The molecule has 0 aliphatic carbocycles. The number of aromatic nitrogens is 2. The second-order valence-electron chi connectivity index (χ2n) is 6.79. The molecule has 2 aliphatic rings. The van der Waals surface area contributed by atoms with Crippen LogP contribution in [0.4, 0.5) is 0 Å². The molecular formula is C18H23N5O3S. The number of hydrogen-bond donors (Lipinski definition) is 2. The Morgan fingerprint density at radius 3 is 2.59 bits per heavy atom. The van der Waals surface area contributed by atoms with Gasteiger partial charge in [-0.3, -0.25) is 15.8 Å². The Kier molecular flexibility index (Phi) is 5.35. The van der Waals surface area contributed by atoms with Crippen molar-refractivity contribution in [2.75, 3.05) is 26.2 Å². The third-order valence-electron chi connectivity index (χ3n) is 4.99. The molecule has 144 valence electrons. The largest absolute Gasteiger partial charge is 0.437 e. The fourth-order valence-electron chi connectivity index (χ4n) is 3.56. The Morgan fingerprint density at radius 1 is 1.07 bits per heavy atom. The maximum Gasteiger partial charge on any atom is 0.241 e. The van der Waals surface area contributed by atoms with Gasteiger partial charge in [-0.05, 0) is 25.0 Å². The first-order valence-electron chi connectivity index (χ1n) is 9.13. The maximum atomic E-state index is 12.9. The van der Waals surface area contributed by atoms with Gasteiger partial charge in [0, 0.05) is 44.5 Å². The van der Waals surface area contributed by atoms with Crippen LogP contribution in [0.15, 0.2) is 42.7 Å².